The van der Waals surface area contributed by atoms with Crippen LogP contribution in [-0.2, 0) is 4.79 Å². The Morgan fingerprint density at radius 2 is 1.66 bits per heavy atom. The lowest BCUT2D eigenvalue weighted by Crippen LogP contribution is -2.25. The molecule has 10 heteroatoms. The van der Waals surface area contributed by atoms with Crippen molar-refractivity contribution >= 4 is 29.2 Å². The van der Waals surface area contributed by atoms with Gasteiger partial charge in [-0.3, -0.25) is 4.79 Å². The van der Waals surface area contributed by atoms with Crippen LogP contribution in [0.2, 0.25) is 0 Å². The van der Waals surface area contributed by atoms with Crippen LogP contribution in [0.5, 0.6) is 17.2 Å². The standard InChI is InChI=1S/C28H29N5O4S/c1-7-23(27(34)32-18-9-8-15(2)16(3)10-18)38-28-20(14-30)24(19(13-29)26(31)33-28)17-11-21(35-4)25(37-6)22(12-17)36-5/h8-12,23H,7H2,1-6H3,(H2,31,33)(H,32,34). The lowest BCUT2D eigenvalue weighted by Gasteiger charge is -2.19. The van der Waals surface area contributed by atoms with Crippen molar-refractivity contribution in [1.29, 1.82) is 10.5 Å². The fourth-order valence-electron chi connectivity index (χ4n) is 3.90. The number of anilines is 2. The van der Waals surface area contributed by atoms with E-state index < -0.39 is 5.25 Å². The van der Waals surface area contributed by atoms with E-state index in [0.29, 0.717) is 34.9 Å². The molecule has 196 valence electrons. The van der Waals surface area contributed by atoms with Crippen molar-refractivity contribution in [3.8, 4) is 40.5 Å². The number of nitrogens with one attached hydrogen (secondary N) is 1. The Bertz CT molecular complexity index is 1430. The van der Waals surface area contributed by atoms with Crippen LogP contribution in [0.25, 0.3) is 11.1 Å². The number of nitrogens with zero attached hydrogens (tertiary/aromatic N) is 3. The molecule has 2 aromatic carbocycles. The van der Waals surface area contributed by atoms with Gasteiger partial charge in [0, 0.05) is 11.3 Å². The molecule has 1 atom stereocenters. The highest BCUT2D eigenvalue weighted by atomic mass is 32.2. The summed E-state index contributed by atoms with van der Waals surface area (Å²) in [6, 6.07) is 13.2. The molecule has 38 heavy (non-hydrogen) atoms. The summed E-state index contributed by atoms with van der Waals surface area (Å²) in [7, 11) is 4.42. The summed E-state index contributed by atoms with van der Waals surface area (Å²) in [5.41, 5.74) is 9.94. The summed E-state index contributed by atoms with van der Waals surface area (Å²) in [6.45, 7) is 5.85. The number of pyridine rings is 1. The van der Waals surface area contributed by atoms with Crippen molar-refractivity contribution in [3.05, 3.63) is 52.6 Å². The number of ether oxygens (including phenoxy) is 3. The fraction of sp³-hybridized carbons (Fsp3) is 0.286. The number of nitrogen functional groups attached to an aromatic ring is 1. The molecule has 3 N–H and O–H groups in total. The number of methoxy groups -OCH3 is 3. The highest BCUT2D eigenvalue weighted by Crippen LogP contribution is 2.44. The van der Waals surface area contributed by atoms with Crippen LogP contribution in [-0.4, -0.2) is 37.5 Å². The van der Waals surface area contributed by atoms with Crippen molar-refractivity contribution < 1.29 is 19.0 Å². The van der Waals surface area contributed by atoms with E-state index in [1.165, 1.54) is 21.3 Å². The van der Waals surface area contributed by atoms with E-state index in [4.69, 9.17) is 19.9 Å². The van der Waals surface area contributed by atoms with Crippen molar-refractivity contribution in [1.82, 2.24) is 4.98 Å². The fourth-order valence-corrected chi connectivity index (χ4v) is 4.92. The van der Waals surface area contributed by atoms with Gasteiger partial charge in [-0.05, 0) is 61.2 Å². The third kappa shape index (κ3) is 5.61. The number of nitriles is 2. The molecule has 0 spiro atoms. The largest absolute Gasteiger partial charge is 0.493 e. The van der Waals surface area contributed by atoms with Crippen LogP contribution >= 0.6 is 11.8 Å². The van der Waals surface area contributed by atoms with Gasteiger partial charge < -0.3 is 25.3 Å². The zero-order chi connectivity index (χ0) is 28.0. The second kappa shape index (κ2) is 12.2. The number of hydrogen-bond donors (Lipinski definition) is 2. The van der Waals surface area contributed by atoms with Crippen LogP contribution in [0.15, 0.2) is 35.4 Å². The first-order valence-electron chi connectivity index (χ1n) is 11.7. The monoisotopic (exact) mass is 531 g/mol. The molecular formula is C28H29N5O4S. The summed E-state index contributed by atoms with van der Waals surface area (Å²) in [5.74, 6) is 0.768. The molecule has 0 aliphatic carbocycles. The minimum atomic E-state index is -0.573. The minimum Gasteiger partial charge on any atom is -0.493 e. The summed E-state index contributed by atoms with van der Waals surface area (Å²) in [4.78, 5) is 17.5. The molecule has 0 bridgehead atoms. The minimum absolute atomic E-state index is 0.0350. The zero-order valence-electron chi connectivity index (χ0n) is 22.1. The third-order valence-corrected chi connectivity index (χ3v) is 7.41. The summed E-state index contributed by atoms with van der Waals surface area (Å²) >= 11 is 1.12. The van der Waals surface area contributed by atoms with Gasteiger partial charge in [-0.15, -0.1) is 0 Å². The number of aryl methyl sites for hydroxylation is 2. The average Bonchev–Trinajstić information content (AvgIpc) is 2.92. The number of aromatic nitrogens is 1. The van der Waals surface area contributed by atoms with Gasteiger partial charge in [0.2, 0.25) is 11.7 Å². The van der Waals surface area contributed by atoms with Gasteiger partial charge >= 0.3 is 0 Å². The maximum atomic E-state index is 13.2. The zero-order valence-corrected chi connectivity index (χ0v) is 22.9. The van der Waals surface area contributed by atoms with Gasteiger partial charge in [0.15, 0.2) is 11.5 Å². The normalized spacial score (nSPS) is 11.2. The number of nitrogens with two attached hydrogens (primary N) is 1. The topological polar surface area (TPSA) is 143 Å². The first-order valence-corrected chi connectivity index (χ1v) is 12.6. The lowest BCUT2D eigenvalue weighted by atomic mass is 9.96. The summed E-state index contributed by atoms with van der Waals surface area (Å²) in [5, 5.41) is 22.7. The van der Waals surface area contributed by atoms with Gasteiger partial charge in [-0.2, -0.15) is 10.5 Å². The molecule has 1 amide bonds. The Labute approximate surface area is 226 Å². The lowest BCUT2D eigenvalue weighted by molar-refractivity contribution is -0.115. The Kier molecular flexibility index (Phi) is 9.06. The Hall–Kier alpha value is -4.41. The molecule has 1 aromatic heterocycles. The third-order valence-electron chi connectivity index (χ3n) is 6.06. The van der Waals surface area contributed by atoms with Gasteiger partial charge in [-0.1, -0.05) is 24.8 Å². The van der Waals surface area contributed by atoms with E-state index in [1.54, 1.807) is 12.1 Å². The van der Waals surface area contributed by atoms with E-state index in [1.807, 2.05) is 39.0 Å². The molecule has 0 aliphatic heterocycles. The van der Waals surface area contributed by atoms with Crippen molar-refractivity contribution in [2.45, 2.75) is 37.5 Å². The molecule has 9 nitrogen and oxygen atoms in total. The number of rotatable bonds is 9. The van der Waals surface area contributed by atoms with Gasteiger partial charge in [0.25, 0.3) is 0 Å². The maximum Gasteiger partial charge on any atom is 0.237 e. The summed E-state index contributed by atoms with van der Waals surface area (Å²) in [6.07, 6.45) is 0.466. The Balaban J connectivity index is 2.11. The molecule has 1 heterocycles. The van der Waals surface area contributed by atoms with E-state index in [0.717, 1.165) is 22.9 Å². The summed E-state index contributed by atoms with van der Waals surface area (Å²) < 4.78 is 16.3. The first-order chi connectivity index (χ1) is 18.2. The van der Waals surface area contributed by atoms with E-state index in [-0.39, 0.29) is 33.4 Å². The van der Waals surface area contributed by atoms with Crippen molar-refractivity contribution in [2.75, 3.05) is 32.4 Å². The molecular weight excluding hydrogens is 502 g/mol. The molecule has 0 saturated heterocycles. The molecule has 0 saturated carbocycles. The van der Waals surface area contributed by atoms with Gasteiger partial charge in [0.1, 0.15) is 28.5 Å². The SMILES string of the molecule is CCC(Sc1nc(N)c(C#N)c(-c2cc(OC)c(OC)c(OC)c2)c1C#N)C(=O)Nc1ccc(C)c(C)c1. The second-order valence-corrected chi connectivity index (χ2v) is 9.56. The van der Waals surface area contributed by atoms with Crippen molar-refractivity contribution in [2.24, 2.45) is 0 Å². The van der Waals surface area contributed by atoms with Crippen LogP contribution in [0.4, 0.5) is 11.5 Å². The van der Waals surface area contributed by atoms with Crippen LogP contribution in [0, 0.1) is 36.5 Å². The van der Waals surface area contributed by atoms with Crippen LogP contribution in [0.3, 0.4) is 0 Å². The highest BCUT2D eigenvalue weighted by Gasteiger charge is 2.27. The maximum absolute atomic E-state index is 13.2. The molecule has 0 radical (unpaired) electrons. The van der Waals surface area contributed by atoms with Crippen LogP contribution in [0.1, 0.15) is 35.6 Å². The molecule has 3 aromatic rings. The number of benzene rings is 2. The predicted molar refractivity (Wildman–Crippen MR) is 148 cm³/mol. The number of thioether (sulfide) groups is 1. The van der Waals surface area contributed by atoms with Crippen molar-refractivity contribution in [3.63, 3.8) is 0 Å². The predicted octanol–water partition coefficient (Wildman–Crippen LogP) is 5.23. The Morgan fingerprint density at radius 3 is 2.16 bits per heavy atom. The Morgan fingerprint density at radius 1 is 1.03 bits per heavy atom. The molecule has 1 unspecified atom stereocenters. The number of hydrogen-bond acceptors (Lipinski definition) is 9. The number of amides is 1. The van der Waals surface area contributed by atoms with Gasteiger partial charge in [-0.25, -0.2) is 4.98 Å². The first kappa shape index (κ1) is 28.2. The highest BCUT2D eigenvalue weighted by molar-refractivity contribution is 8.00. The van der Waals surface area contributed by atoms with Gasteiger partial charge in [0.05, 0.1) is 32.1 Å². The molecule has 0 fully saturated rings. The average molecular weight is 532 g/mol. The quantitative estimate of drug-likeness (QED) is 0.355. The van der Waals surface area contributed by atoms with E-state index >= 15 is 0 Å². The van der Waals surface area contributed by atoms with Crippen LogP contribution < -0.4 is 25.3 Å². The second-order valence-electron chi connectivity index (χ2n) is 8.37. The number of carbonyl (C=O) groups excluding carboxylic acids is 1. The van der Waals surface area contributed by atoms with E-state index in [9.17, 15) is 15.3 Å². The molecule has 3 rings (SSSR count). The number of carbonyl (C=O) groups is 1. The molecule has 0 aliphatic rings. The van der Waals surface area contributed by atoms with E-state index in [2.05, 4.69) is 22.4 Å². The smallest absolute Gasteiger partial charge is 0.237 e.